The number of para-hydroxylation sites is 1. The molecule has 0 amide bonds. The predicted molar refractivity (Wildman–Crippen MR) is 90.8 cm³/mol. The van der Waals surface area contributed by atoms with Crippen LogP contribution in [0.5, 0.6) is 5.75 Å². The highest BCUT2D eigenvalue weighted by Gasteiger charge is 2.06. The Balaban J connectivity index is 1.78. The van der Waals surface area contributed by atoms with Crippen LogP contribution in [0.15, 0.2) is 48.7 Å². The standard InChI is InChI=1S/C16H13ClFN5O/c1-24-14-7-6-10(8-11(14)17)20-16-22-15(9-19-23-16)21-13-5-3-2-4-12(13)18/h2-9H,1H3,(H2,20,21,22,23). The summed E-state index contributed by atoms with van der Waals surface area (Å²) in [6.45, 7) is 0. The molecule has 0 bridgehead atoms. The third kappa shape index (κ3) is 3.69. The number of nitrogens with one attached hydrogen (secondary N) is 2. The summed E-state index contributed by atoms with van der Waals surface area (Å²) >= 11 is 6.08. The molecule has 6 nitrogen and oxygen atoms in total. The zero-order valence-electron chi connectivity index (χ0n) is 12.6. The van der Waals surface area contributed by atoms with E-state index in [4.69, 9.17) is 16.3 Å². The maximum Gasteiger partial charge on any atom is 0.249 e. The Morgan fingerprint density at radius 3 is 2.71 bits per heavy atom. The van der Waals surface area contributed by atoms with Gasteiger partial charge in [0.05, 0.1) is 24.0 Å². The van der Waals surface area contributed by atoms with E-state index >= 15 is 0 Å². The number of hydrogen-bond acceptors (Lipinski definition) is 6. The van der Waals surface area contributed by atoms with Gasteiger partial charge in [0.15, 0.2) is 5.82 Å². The Kier molecular flexibility index (Phi) is 4.72. The Labute approximate surface area is 142 Å². The van der Waals surface area contributed by atoms with E-state index < -0.39 is 0 Å². The Morgan fingerprint density at radius 1 is 1.12 bits per heavy atom. The summed E-state index contributed by atoms with van der Waals surface area (Å²) in [5.74, 6) is 0.790. The van der Waals surface area contributed by atoms with Crippen LogP contribution in [0.2, 0.25) is 5.02 Å². The summed E-state index contributed by atoms with van der Waals surface area (Å²) < 4.78 is 18.8. The molecule has 24 heavy (non-hydrogen) atoms. The number of hydrogen-bond donors (Lipinski definition) is 2. The normalized spacial score (nSPS) is 10.3. The highest BCUT2D eigenvalue weighted by Crippen LogP contribution is 2.28. The van der Waals surface area contributed by atoms with Crippen LogP contribution in [0.4, 0.5) is 27.5 Å². The summed E-state index contributed by atoms with van der Waals surface area (Å²) in [6, 6.07) is 11.5. The molecular weight excluding hydrogens is 333 g/mol. The van der Waals surface area contributed by atoms with E-state index in [1.54, 1.807) is 43.5 Å². The van der Waals surface area contributed by atoms with E-state index in [9.17, 15) is 4.39 Å². The molecule has 2 aromatic carbocycles. The summed E-state index contributed by atoms with van der Waals surface area (Å²) in [5, 5.41) is 14.0. The molecule has 122 valence electrons. The van der Waals surface area contributed by atoms with Crippen molar-refractivity contribution in [2.75, 3.05) is 17.7 Å². The van der Waals surface area contributed by atoms with E-state index in [-0.39, 0.29) is 11.8 Å². The number of rotatable bonds is 5. The van der Waals surface area contributed by atoms with Gasteiger partial charge in [-0.3, -0.25) is 0 Å². The van der Waals surface area contributed by atoms with Crippen LogP contribution in [-0.2, 0) is 0 Å². The number of ether oxygens (including phenoxy) is 1. The largest absolute Gasteiger partial charge is 0.495 e. The molecule has 8 heteroatoms. The van der Waals surface area contributed by atoms with Crippen LogP contribution in [0.1, 0.15) is 0 Å². The van der Waals surface area contributed by atoms with Crippen molar-refractivity contribution in [2.45, 2.75) is 0 Å². The molecule has 0 saturated heterocycles. The van der Waals surface area contributed by atoms with E-state index in [2.05, 4.69) is 25.8 Å². The lowest BCUT2D eigenvalue weighted by Crippen LogP contribution is -2.03. The van der Waals surface area contributed by atoms with Gasteiger partial charge in [0, 0.05) is 5.69 Å². The molecule has 0 aliphatic carbocycles. The van der Waals surface area contributed by atoms with Crippen molar-refractivity contribution >= 4 is 34.7 Å². The SMILES string of the molecule is COc1ccc(Nc2nncc(Nc3ccccc3F)n2)cc1Cl. The number of aromatic nitrogens is 3. The van der Waals surface area contributed by atoms with Gasteiger partial charge in [0.25, 0.3) is 0 Å². The molecule has 0 radical (unpaired) electrons. The summed E-state index contributed by atoms with van der Waals surface area (Å²) in [7, 11) is 1.54. The molecular formula is C16H13ClFN5O. The van der Waals surface area contributed by atoms with Crippen LogP contribution in [-0.4, -0.2) is 22.3 Å². The summed E-state index contributed by atoms with van der Waals surface area (Å²) in [6.07, 6.45) is 1.40. The molecule has 0 fully saturated rings. The monoisotopic (exact) mass is 345 g/mol. The van der Waals surface area contributed by atoms with Gasteiger partial charge in [-0.15, -0.1) is 5.10 Å². The fourth-order valence-electron chi connectivity index (χ4n) is 1.99. The van der Waals surface area contributed by atoms with Crippen molar-refractivity contribution in [2.24, 2.45) is 0 Å². The second-order valence-corrected chi connectivity index (χ2v) is 5.15. The van der Waals surface area contributed by atoms with Gasteiger partial charge in [-0.25, -0.2) is 4.39 Å². The lowest BCUT2D eigenvalue weighted by atomic mass is 10.3. The maximum absolute atomic E-state index is 13.7. The third-order valence-electron chi connectivity index (χ3n) is 3.10. The molecule has 0 atom stereocenters. The van der Waals surface area contributed by atoms with E-state index in [0.29, 0.717) is 28.0 Å². The third-order valence-corrected chi connectivity index (χ3v) is 3.40. The van der Waals surface area contributed by atoms with Crippen LogP contribution in [0.25, 0.3) is 0 Å². The minimum absolute atomic E-state index is 0.248. The second-order valence-electron chi connectivity index (χ2n) is 4.74. The average molecular weight is 346 g/mol. The molecule has 0 unspecified atom stereocenters. The molecule has 1 heterocycles. The average Bonchev–Trinajstić information content (AvgIpc) is 2.58. The van der Waals surface area contributed by atoms with Gasteiger partial charge in [-0.1, -0.05) is 23.7 Å². The van der Waals surface area contributed by atoms with Crippen molar-refractivity contribution in [1.29, 1.82) is 0 Å². The number of halogens is 2. The van der Waals surface area contributed by atoms with Crippen LogP contribution in [0.3, 0.4) is 0 Å². The molecule has 0 aliphatic heterocycles. The van der Waals surface area contributed by atoms with Crippen LogP contribution in [0, 0.1) is 5.82 Å². The maximum atomic E-state index is 13.7. The Morgan fingerprint density at radius 2 is 1.96 bits per heavy atom. The minimum Gasteiger partial charge on any atom is -0.495 e. The van der Waals surface area contributed by atoms with Gasteiger partial charge in [-0.2, -0.15) is 10.1 Å². The predicted octanol–water partition coefficient (Wildman–Crippen LogP) is 4.16. The molecule has 2 N–H and O–H groups in total. The van der Waals surface area contributed by atoms with Gasteiger partial charge in [0.2, 0.25) is 5.95 Å². The lowest BCUT2D eigenvalue weighted by molar-refractivity contribution is 0.415. The van der Waals surface area contributed by atoms with Gasteiger partial charge in [0.1, 0.15) is 11.6 Å². The van der Waals surface area contributed by atoms with E-state index in [0.717, 1.165) is 0 Å². The van der Waals surface area contributed by atoms with Gasteiger partial charge >= 0.3 is 0 Å². The molecule has 1 aromatic heterocycles. The lowest BCUT2D eigenvalue weighted by Gasteiger charge is -2.09. The first-order valence-corrected chi connectivity index (χ1v) is 7.35. The molecule has 0 aliphatic rings. The second kappa shape index (κ2) is 7.10. The highest BCUT2D eigenvalue weighted by molar-refractivity contribution is 6.32. The topological polar surface area (TPSA) is 72.0 Å². The molecule has 3 rings (SSSR count). The Hall–Kier alpha value is -2.93. The van der Waals surface area contributed by atoms with Crippen molar-refractivity contribution < 1.29 is 9.13 Å². The van der Waals surface area contributed by atoms with Gasteiger partial charge in [-0.05, 0) is 30.3 Å². The summed E-state index contributed by atoms with van der Waals surface area (Å²) in [4.78, 5) is 4.24. The van der Waals surface area contributed by atoms with Crippen molar-refractivity contribution in [3.05, 3.63) is 59.5 Å². The van der Waals surface area contributed by atoms with E-state index in [1.807, 2.05) is 0 Å². The van der Waals surface area contributed by atoms with Gasteiger partial charge < -0.3 is 15.4 Å². The Bertz CT molecular complexity index is 861. The summed E-state index contributed by atoms with van der Waals surface area (Å²) in [5.41, 5.74) is 0.974. The van der Waals surface area contributed by atoms with Crippen LogP contribution >= 0.6 is 11.6 Å². The molecule has 0 saturated carbocycles. The number of anilines is 4. The molecule has 0 spiro atoms. The number of nitrogens with zero attached hydrogens (tertiary/aromatic N) is 3. The van der Waals surface area contributed by atoms with Crippen molar-refractivity contribution in [3.63, 3.8) is 0 Å². The fraction of sp³-hybridized carbons (Fsp3) is 0.0625. The smallest absolute Gasteiger partial charge is 0.249 e. The first-order chi connectivity index (χ1) is 11.7. The highest BCUT2D eigenvalue weighted by atomic mass is 35.5. The minimum atomic E-state index is -0.382. The van der Waals surface area contributed by atoms with Crippen molar-refractivity contribution in [1.82, 2.24) is 15.2 Å². The van der Waals surface area contributed by atoms with Crippen molar-refractivity contribution in [3.8, 4) is 5.75 Å². The zero-order chi connectivity index (χ0) is 16.9. The first kappa shape index (κ1) is 15.9. The fourth-order valence-corrected chi connectivity index (χ4v) is 2.25. The zero-order valence-corrected chi connectivity index (χ0v) is 13.4. The number of methoxy groups -OCH3 is 1. The number of benzene rings is 2. The quantitative estimate of drug-likeness (QED) is 0.723. The van der Waals surface area contributed by atoms with E-state index in [1.165, 1.54) is 12.3 Å². The first-order valence-electron chi connectivity index (χ1n) is 6.97. The van der Waals surface area contributed by atoms with Crippen LogP contribution < -0.4 is 15.4 Å². The molecule has 3 aromatic rings.